The summed E-state index contributed by atoms with van der Waals surface area (Å²) < 4.78 is 11.2. The monoisotopic (exact) mass is 304 g/mol. The lowest BCUT2D eigenvalue weighted by molar-refractivity contribution is 0.0961. The minimum atomic E-state index is 0.494. The summed E-state index contributed by atoms with van der Waals surface area (Å²) in [4.78, 5) is 4.93. The van der Waals surface area contributed by atoms with Crippen LogP contribution in [-0.4, -0.2) is 69.5 Å². The van der Waals surface area contributed by atoms with E-state index in [4.69, 9.17) is 9.47 Å². The molecular weight excluding hydrogens is 276 g/mol. The molecule has 0 amide bonds. The van der Waals surface area contributed by atoms with Gasteiger partial charge in [0, 0.05) is 31.6 Å². The second-order valence-electron chi connectivity index (χ2n) is 6.78. The maximum atomic E-state index is 5.60. The minimum Gasteiger partial charge on any atom is -0.379 e. The Labute approximate surface area is 134 Å². The van der Waals surface area contributed by atoms with E-state index in [1.54, 1.807) is 0 Å². The molecule has 0 aliphatic carbocycles. The SMILES string of the molecule is CN(CC1COCCOC1)CC1Cc2ccccc2CN1C. The molecule has 2 aliphatic rings. The number of fused-ring (bicyclic) bond motifs is 1. The van der Waals surface area contributed by atoms with Crippen LogP contribution in [0.5, 0.6) is 0 Å². The van der Waals surface area contributed by atoms with E-state index in [0.717, 1.165) is 52.5 Å². The van der Waals surface area contributed by atoms with Gasteiger partial charge < -0.3 is 14.4 Å². The van der Waals surface area contributed by atoms with Gasteiger partial charge in [0.1, 0.15) is 0 Å². The second kappa shape index (κ2) is 7.55. The molecule has 2 aliphatic heterocycles. The second-order valence-corrected chi connectivity index (χ2v) is 6.78. The summed E-state index contributed by atoms with van der Waals surface area (Å²) in [5.74, 6) is 0.494. The standard InChI is InChI=1S/C18H28N2O2/c1-19(10-15-13-21-7-8-22-14-15)12-18-9-16-5-3-4-6-17(16)11-20(18)2/h3-6,15,18H,7-14H2,1-2H3. The molecule has 1 fully saturated rings. The first-order valence-electron chi connectivity index (χ1n) is 8.33. The van der Waals surface area contributed by atoms with Crippen LogP contribution in [-0.2, 0) is 22.4 Å². The molecule has 2 heterocycles. The fourth-order valence-electron chi connectivity index (χ4n) is 3.57. The summed E-state index contributed by atoms with van der Waals surface area (Å²) in [6.07, 6.45) is 1.15. The summed E-state index contributed by atoms with van der Waals surface area (Å²) in [7, 11) is 4.46. The first-order chi connectivity index (χ1) is 10.7. The van der Waals surface area contributed by atoms with Crippen molar-refractivity contribution in [3.05, 3.63) is 35.4 Å². The summed E-state index contributed by atoms with van der Waals surface area (Å²) >= 11 is 0. The Kier molecular flexibility index (Phi) is 5.47. The van der Waals surface area contributed by atoms with Crippen molar-refractivity contribution in [3.8, 4) is 0 Å². The molecule has 1 aromatic carbocycles. The van der Waals surface area contributed by atoms with Crippen LogP contribution >= 0.6 is 0 Å². The Morgan fingerprint density at radius 3 is 2.50 bits per heavy atom. The molecule has 1 saturated heterocycles. The molecule has 22 heavy (non-hydrogen) atoms. The van der Waals surface area contributed by atoms with Gasteiger partial charge in [-0.25, -0.2) is 0 Å². The Balaban J connectivity index is 1.54. The van der Waals surface area contributed by atoms with E-state index in [0.29, 0.717) is 12.0 Å². The van der Waals surface area contributed by atoms with Crippen molar-refractivity contribution in [2.24, 2.45) is 5.92 Å². The van der Waals surface area contributed by atoms with E-state index in [1.165, 1.54) is 11.1 Å². The molecule has 0 aromatic heterocycles. The minimum absolute atomic E-state index is 0.494. The van der Waals surface area contributed by atoms with Crippen LogP contribution in [0.2, 0.25) is 0 Å². The lowest BCUT2D eigenvalue weighted by atomic mass is 9.94. The molecule has 1 unspecified atom stereocenters. The third-order valence-electron chi connectivity index (χ3n) is 4.79. The third kappa shape index (κ3) is 4.07. The highest BCUT2D eigenvalue weighted by molar-refractivity contribution is 5.30. The van der Waals surface area contributed by atoms with Crippen LogP contribution in [0.15, 0.2) is 24.3 Å². The molecule has 0 saturated carbocycles. The van der Waals surface area contributed by atoms with E-state index in [1.807, 2.05) is 0 Å². The van der Waals surface area contributed by atoms with Gasteiger partial charge >= 0.3 is 0 Å². The van der Waals surface area contributed by atoms with Crippen molar-refractivity contribution in [2.45, 2.75) is 19.0 Å². The highest BCUT2D eigenvalue weighted by Crippen LogP contribution is 2.22. The number of nitrogens with zero attached hydrogens (tertiary/aromatic N) is 2. The highest BCUT2D eigenvalue weighted by atomic mass is 16.5. The zero-order chi connectivity index (χ0) is 15.4. The Hall–Kier alpha value is -0.940. The lowest BCUT2D eigenvalue weighted by Crippen LogP contribution is -2.46. The normalized spacial score (nSPS) is 24.2. The topological polar surface area (TPSA) is 24.9 Å². The van der Waals surface area contributed by atoms with Crippen LogP contribution < -0.4 is 0 Å². The Morgan fingerprint density at radius 1 is 1.09 bits per heavy atom. The molecular formula is C18H28N2O2. The van der Waals surface area contributed by atoms with Gasteiger partial charge in [0.05, 0.1) is 26.4 Å². The molecule has 3 rings (SSSR count). The van der Waals surface area contributed by atoms with E-state index in [9.17, 15) is 0 Å². The van der Waals surface area contributed by atoms with Crippen molar-refractivity contribution >= 4 is 0 Å². The summed E-state index contributed by atoms with van der Waals surface area (Å²) in [6, 6.07) is 9.43. The smallest absolute Gasteiger partial charge is 0.0700 e. The molecule has 0 radical (unpaired) electrons. The van der Waals surface area contributed by atoms with E-state index >= 15 is 0 Å². The average Bonchev–Trinajstić information content (AvgIpc) is 2.76. The van der Waals surface area contributed by atoms with E-state index in [2.05, 4.69) is 48.2 Å². The van der Waals surface area contributed by atoms with Gasteiger partial charge in [-0.05, 0) is 31.6 Å². The van der Waals surface area contributed by atoms with Gasteiger partial charge in [-0.15, -0.1) is 0 Å². The molecule has 0 N–H and O–H groups in total. The summed E-state index contributed by atoms with van der Waals surface area (Å²) in [6.45, 7) is 6.34. The number of rotatable bonds is 4. The van der Waals surface area contributed by atoms with Crippen LogP contribution in [0.4, 0.5) is 0 Å². The van der Waals surface area contributed by atoms with E-state index < -0.39 is 0 Å². The van der Waals surface area contributed by atoms with Gasteiger partial charge in [0.2, 0.25) is 0 Å². The number of benzene rings is 1. The van der Waals surface area contributed by atoms with Crippen LogP contribution in [0, 0.1) is 5.92 Å². The summed E-state index contributed by atoms with van der Waals surface area (Å²) in [5.41, 5.74) is 3.00. The van der Waals surface area contributed by atoms with Crippen molar-refractivity contribution in [1.29, 1.82) is 0 Å². The quantitative estimate of drug-likeness (QED) is 0.844. The Bertz CT molecular complexity index is 472. The molecule has 0 spiro atoms. The number of hydrogen-bond donors (Lipinski definition) is 0. The Morgan fingerprint density at radius 2 is 1.77 bits per heavy atom. The van der Waals surface area contributed by atoms with Crippen molar-refractivity contribution < 1.29 is 9.47 Å². The first-order valence-corrected chi connectivity index (χ1v) is 8.33. The molecule has 1 atom stereocenters. The number of ether oxygens (including phenoxy) is 2. The molecule has 0 bridgehead atoms. The fraction of sp³-hybridized carbons (Fsp3) is 0.667. The van der Waals surface area contributed by atoms with Gasteiger partial charge in [0.25, 0.3) is 0 Å². The molecule has 4 nitrogen and oxygen atoms in total. The predicted octanol–water partition coefficient (Wildman–Crippen LogP) is 1.64. The van der Waals surface area contributed by atoms with E-state index in [-0.39, 0.29) is 0 Å². The van der Waals surface area contributed by atoms with Crippen LogP contribution in [0.25, 0.3) is 0 Å². The first kappa shape index (κ1) is 15.9. The van der Waals surface area contributed by atoms with Crippen molar-refractivity contribution in [1.82, 2.24) is 9.80 Å². The number of hydrogen-bond acceptors (Lipinski definition) is 4. The summed E-state index contributed by atoms with van der Waals surface area (Å²) in [5, 5.41) is 0. The predicted molar refractivity (Wildman–Crippen MR) is 88.0 cm³/mol. The van der Waals surface area contributed by atoms with Gasteiger partial charge in [-0.1, -0.05) is 24.3 Å². The van der Waals surface area contributed by atoms with Gasteiger partial charge in [0.15, 0.2) is 0 Å². The lowest BCUT2D eigenvalue weighted by Gasteiger charge is -2.37. The van der Waals surface area contributed by atoms with Gasteiger partial charge in [-0.2, -0.15) is 0 Å². The fourth-order valence-corrected chi connectivity index (χ4v) is 3.57. The van der Waals surface area contributed by atoms with Crippen LogP contribution in [0.1, 0.15) is 11.1 Å². The highest BCUT2D eigenvalue weighted by Gasteiger charge is 2.25. The van der Waals surface area contributed by atoms with Crippen molar-refractivity contribution in [3.63, 3.8) is 0 Å². The van der Waals surface area contributed by atoms with Crippen LogP contribution in [0.3, 0.4) is 0 Å². The largest absolute Gasteiger partial charge is 0.379 e. The average molecular weight is 304 g/mol. The van der Waals surface area contributed by atoms with Gasteiger partial charge in [-0.3, -0.25) is 4.90 Å². The molecule has 4 heteroatoms. The zero-order valence-corrected chi connectivity index (χ0v) is 13.8. The van der Waals surface area contributed by atoms with Crippen molar-refractivity contribution in [2.75, 3.05) is 53.6 Å². The molecule has 1 aromatic rings. The zero-order valence-electron chi connectivity index (χ0n) is 13.8. The maximum Gasteiger partial charge on any atom is 0.0700 e. The third-order valence-corrected chi connectivity index (χ3v) is 4.79. The number of likely N-dealkylation sites (N-methyl/N-ethyl adjacent to an activating group) is 2. The maximum absolute atomic E-state index is 5.60. The molecule has 122 valence electrons.